The molecule has 3 rings (SSSR count). The van der Waals surface area contributed by atoms with Gasteiger partial charge in [-0.05, 0) is 49.6 Å². The number of hydrogen-bond acceptors (Lipinski definition) is 4. The molecular formula is C20H23FN2O4S. The van der Waals surface area contributed by atoms with Crippen molar-refractivity contribution < 1.29 is 22.3 Å². The highest BCUT2D eigenvalue weighted by atomic mass is 32.2. The number of likely N-dealkylation sites (tertiary alicyclic amines) is 1. The molecule has 0 aliphatic carbocycles. The number of aryl methyl sites for hydroxylation is 1. The van der Waals surface area contributed by atoms with Gasteiger partial charge in [-0.25, -0.2) is 17.9 Å². The molecule has 2 aromatic rings. The Labute approximate surface area is 164 Å². The van der Waals surface area contributed by atoms with E-state index in [-0.39, 0.29) is 16.4 Å². The van der Waals surface area contributed by atoms with Crippen molar-refractivity contribution in [3.63, 3.8) is 0 Å². The normalized spacial score (nSPS) is 17.4. The van der Waals surface area contributed by atoms with Crippen LogP contribution in [0.1, 0.15) is 28.8 Å². The van der Waals surface area contributed by atoms with Crippen molar-refractivity contribution in [3.8, 4) is 5.75 Å². The van der Waals surface area contributed by atoms with E-state index in [0.29, 0.717) is 19.7 Å². The molecule has 150 valence electrons. The summed E-state index contributed by atoms with van der Waals surface area (Å²) in [7, 11) is -4.02. The topological polar surface area (TPSA) is 89.7 Å². The van der Waals surface area contributed by atoms with Crippen molar-refractivity contribution in [1.82, 2.24) is 4.90 Å². The van der Waals surface area contributed by atoms with Crippen molar-refractivity contribution in [2.45, 2.75) is 24.7 Å². The summed E-state index contributed by atoms with van der Waals surface area (Å²) in [5.41, 5.74) is 0.750. The number of benzene rings is 2. The maximum absolute atomic E-state index is 14.2. The first-order chi connectivity index (χ1) is 13.3. The fraction of sp³-hybridized carbons (Fsp3) is 0.350. The molecule has 1 unspecified atom stereocenters. The van der Waals surface area contributed by atoms with Crippen molar-refractivity contribution in [2.75, 3.05) is 19.7 Å². The first kappa shape index (κ1) is 20.3. The molecule has 8 heteroatoms. The molecule has 1 aliphatic heterocycles. The molecule has 1 fully saturated rings. The molecule has 0 aromatic heterocycles. The van der Waals surface area contributed by atoms with Crippen molar-refractivity contribution in [3.05, 3.63) is 59.4 Å². The second kappa shape index (κ2) is 8.28. The average molecular weight is 406 g/mol. The molecule has 0 bridgehead atoms. The van der Waals surface area contributed by atoms with E-state index in [4.69, 9.17) is 9.88 Å². The highest BCUT2D eigenvalue weighted by Crippen LogP contribution is 2.23. The Morgan fingerprint density at radius 2 is 2.04 bits per heavy atom. The number of nitrogens with zero attached hydrogens (tertiary/aromatic N) is 1. The maximum Gasteiger partial charge on any atom is 0.256 e. The van der Waals surface area contributed by atoms with E-state index in [9.17, 15) is 17.6 Å². The average Bonchev–Trinajstić information content (AvgIpc) is 2.66. The van der Waals surface area contributed by atoms with Gasteiger partial charge in [-0.3, -0.25) is 4.79 Å². The van der Waals surface area contributed by atoms with Gasteiger partial charge in [-0.1, -0.05) is 18.2 Å². The summed E-state index contributed by atoms with van der Waals surface area (Å²) >= 11 is 0. The standard InChI is InChI=1S/C20H23FN2O4S/c1-14-5-2-3-7-19(14)27-13-15-6-4-10-23(12-15)20(24)17-11-16(28(22,25)26)8-9-18(17)21/h2-3,5,7-9,11,15H,4,6,10,12-13H2,1H3,(H2,22,25,26). The highest BCUT2D eigenvalue weighted by Gasteiger charge is 2.27. The summed E-state index contributed by atoms with van der Waals surface area (Å²) in [6.07, 6.45) is 1.67. The molecule has 1 atom stereocenters. The first-order valence-corrected chi connectivity index (χ1v) is 10.6. The van der Waals surface area contributed by atoms with Crippen LogP contribution in [0.25, 0.3) is 0 Å². The molecule has 2 aromatic carbocycles. The van der Waals surface area contributed by atoms with Crippen LogP contribution in [-0.4, -0.2) is 38.9 Å². The summed E-state index contributed by atoms with van der Waals surface area (Å²) in [5.74, 6) is -0.390. The number of hydrogen-bond donors (Lipinski definition) is 1. The van der Waals surface area contributed by atoms with Gasteiger partial charge in [0.05, 0.1) is 17.1 Å². The molecule has 2 N–H and O–H groups in total. The van der Waals surface area contributed by atoms with E-state index in [1.54, 1.807) is 4.90 Å². The van der Waals surface area contributed by atoms with Gasteiger partial charge in [0, 0.05) is 19.0 Å². The zero-order valence-corrected chi connectivity index (χ0v) is 16.4. The fourth-order valence-corrected chi connectivity index (χ4v) is 3.87. The van der Waals surface area contributed by atoms with Gasteiger partial charge < -0.3 is 9.64 Å². The maximum atomic E-state index is 14.2. The van der Waals surface area contributed by atoms with E-state index in [1.807, 2.05) is 31.2 Å². The number of piperidine rings is 1. The highest BCUT2D eigenvalue weighted by molar-refractivity contribution is 7.89. The minimum atomic E-state index is -4.02. The van der Waals surface area contributed by atoms with E-state index >= 15 is 0 Å². The number of nitrogens with two attached hydrogens (primary N) is 1. The summed E-state index contributed by atoms with van der Waals surface area (Å²) in [5, 5.41) is 5.09. The summed E-state index contributed by atoms with van der Waals surface area (Å²) in [4.78, 5) is 14.0. The number of carbonyl (C=O) groups is 1. The third-order valence-corrected chi connectivity index (χ3v) is 5.78. The van der Waals surface area contributed by atoms with Gasteiger partial charge in [0.1, 0.15) is 11.6 Å². The molecule has 6 nitrogen and oxygen atoms in total. The fourth-order valence-electron chi connectivity index (χ4n) is 3.33. The lowest BCUT2D eigenvalue weighted by Gasteiger charge is -2.33. The number of amides is 1. The molecule has 1 saturated heterocycles. The number of rotatable bonds is 5. The molecule has 28 heavy (non-hydrogen) atoms. The second-order valence-corrected chi connectivity index (χ2v) is 8.58. The SMILES string of the molecule is Cc1ccccc1OCC1CCCN(C(=O)c2cc(S(N)(=O)=O)ccc2F)C1. The van der Waals surface area contributed by atoms with Gasteiger partial charge in [0.15, 0.2) is 0 Å². The van der Waals surface area contributed by atoms with Crippen molar-refractivity contribution in [1.29, 1.82) is 0 Å². The van der Waals surface area contributed by atoms with Crippen LogP contribution in [0, 0.1) is 18.7 Å². The number of halogens is 1. The van der Waals surface area contributed by atoms with Crippen LogP contribution in [-0.2, 0) is 10.0 Å². The quantitative estimate of drug-likeness (QED) is 0.827. The Kier molecular flexibility index (Phi) is 6.00. The predicted molar refractivity (Wildman–Crippen MR) is 103 cm³/mol. The molecule has 0 spiro atoms. The Morgan fingerprint density at radius 1 is 1.29 bits per heavy atom. The zero-order chi connectivity index (χ0) is 20.3. The lowest BCUT2D eigenvalue weighted by molar-refractivity contribution is 0.0628. The number of carbonyl (C=O) groups excluding carboxylic acids is 1. The Hall–Kier alpha value is -2.45. The van der Waals surface area contributed by atoms with Crippen molar-refractivity contribution in [2.24, 2.45) is 11.1 Å². The smallest absolute Gasteiger partial charge is 0.256 e. The zero-order valence-electron chi connectivity index (χ0n) is 15.6. The van der Waals surface area contributed by atoms with Crippen LogP contribution < -0.4 is 9.88 Å². The first-order valence-electron chi connectivity index (χ1n) is 9.06. The van der Waals surface area contributed by atoms with Crippen LogP contribution in [0.3, 0.4) is 0 Å². The van der Waals surface area contributed by atoms with Crippen LogP contribution in [0.15, 0.2) is 47.4 Å². The van der Waals surface area contributed by atoms with Gasteiger partial charge in [0.25, 0.3) is 5.91 Å². The van der Waals surface area contributed by atoms with Crippen LogP contribution in [0.5, 0.6) is 5.75 Å². The lowest BCUT2D eigenvalue weighted by atomic mass is 9.98. The minimum absolute atomic E-state index is 0.113. The van der Waals surface area contributed by atoms with E-state index in [2.05, 4.69) is 0 Å². The molecule has 1 amide bonds. The number of primary sulfonamides is 1. The summed E-state index contributed by atoms with van der Waals surface area (Å²) < 4.78 is 43.1. The lowest BCUT2D eigenvalue weighted by Crippen LogP contribution is -2.42. The van der Waals surface area contributed by atoms with Gasteiger partial charge >= 0.3 is 0 Å². The van der Waals surface area contributed by atoms with E-state index < -0.39 is 21.7 Å². The third kappa shape index (κ3) is 4.69. The molecule has 1 heterocycles. The Morgan fingerprint density at radius 3 is 2.75 bits per heavy atom. The van der Waals surface area contributed by atoms with Crippen LogP contribution in [0.4, 0.5) is 4.39 Å². The molecule has 0 saturated carbocycles. The minimum Gasteiger partial charge on any atom is -0.493 e. The second-order valence-electron chi connectivity index (χ2n) is 7.02. The van der Waals surface area contributed by atoms with E-state index in [0.717, 1.165) is 42.4 Å². The van der Waals surface area contributed by atoms with Gasteiger partial charge in [-0.15, -0.1) is 0 Å². The predicted octanol–water partition coefficient (Wildman–Crippen LogP) is 2.71. The number of sulfonamides is 1. The van der Waals surface area contributed by atoms with Gasteiger partial charge in [-0.2, -0.15) is 0 Å². The molecule has 0 radical (unpaired) electrons. The Balaban J connectivity index is 1.70. The van der Waals surface area contributed by atoms with Gasteiger partial charge in [0.2, 0.25) is 10.0 Å². The largest absolute Gasteiger partial charge is 0.493 e. The van der Waals surface area contributed by atoms with Crippen molar-refractivity contribution >= 4 is 15.9 Å². The van der Waals surface area contributed by atoms with Crippen LogP contribution >= 0.6 is 0 Å². The summed E-state index contributed by atoms with van der Waals surface area (Å²) in [6, 6.07) is 10.7. The monoisotopic (exact) mass is 406 g/mol. The molecular weight excluding hydrogens is 383 g/mol. The van der Waals surface area contributed by atoms with E-state index in [1.165, 1.54) is 0 Å². The molecule has 1 aliphatic rings. The third-order valence-electron chi connectivity index (χ3n) is 4.87. The summed E-state index contributed by atoms with van der Waals surface area (Å²) in [6.45, 7) is 3.32. The number of ether oxygens (including phenoxy) is 1. The number of para-hydroxylation sites is 1. The Bertz CT molecular complexity index is 978. The van der Waals surface area contributed by atoms with Crippen LogP contribution in [0.2, 0.25) is 0 Å².